The Bertz CT molecular complexity index is 1370. The molecular weight excluding hydrogens is 468 g/mol. The molecule has 0 saturated heterocycles. The van der Waals surface area contributed by atoms with Crippen LogP contribution >= 0.6 is 0 Å². The van der Waals surface area contributed by atoms with Gasteiger partial charge in [0.2, 0.25) is 0 Å². The van der Waals surface area contributed by atoms with Gasteiger partial charge in [-0.2, -0.15) is 5.10 Å². The van der Waals surface area contributed by atoms with Crippen LogP contribution in [0.1, 0.15) is 23.6 Å². The number of anilines is 3. The van der Waals surface area contributed by atoms with Crippen LogP contribution in [-0.4, -0.2) is 39.8 Å². The molecular formula is C33H34N4O. The lowest BCUT2D eigenvalue weighted by molar-refractivity contribution is -0.120. The van der Waals surface area contributed by atoms with E-state index in [2.05, 4.69) is 70.5 Å². The van der Waals surface area contributed by atoms with E-state index < -0.39 is 11.3 Å². The van der Waals surface area contributed by atoms with Crippen molar-refractivity contribution >= 4 is 28.7 Å². The number of amides is 1. The fourth-order valence-corrected chi connectivity index (χ4v) is 5.56. The normalized spacial score (nSPS) is 15.4. The summed E-state index contributed by atoms with van der Waals surface area (Å²) in [5.41, 5.74) is 6.14. The minimum atomic E-state index is -0.787. The number of benzene rings is 4. The third kappa shape index (κ3) is 4.24. The molecule has 1 aliphatic heterocycles. The van der Waals surface area contributed by atoms with Crippen molar-refractivity contribution in [3.8, 4) is 0 Å². The Hall–Kier alpha value is -4.38. The number of rotatable bonds is 7. The highest BCUT2D eigenvalue weighted by Crippen LogP contribution is 2.49. The monoisotopic (exact) mass is 502 g/mol. The van der Waals surface area contributed by atoms with Crippen LogP contribution in [-0.2, 0) is 10.2 Å². The molecule has 4 aromatic rings. The maximum Gasteiger partial charge on any atom is 0.257 e. The molecule has 5 rings (SSSR count). The number of hydrogen-bond acceptors (Lipinski definition) is 4. The van der Waals surface area contributed by atoms with Crippen molar-refractivity contribution in [1.82, 2.24) is 0 Å². The smallest absolute Gasteiger partial charge is 0.257 e. The summed E-state index contributed by atoms with van der Waals surface area (Å²) in [6, 6.07) is 37.2. The highest BCUT2D eigenvalue weighted by Gasteiger charge is 2.53. The Morgan fingerprint density at radius 3 is 1.50 bits per heavy atom. The average molecular weight is 503 g/mol. The van der Waals surface area contributed by atoms with Crippen molar-refractivity contribution in [2.24, 2.45) is 11.0 Å². The zero-order valence-electron chi connectivity index (χ0n) is 22.7. The molecule has 0 aliphatic carbocycles. The van der Waals surface area contributed by atoms with Gasteiger partial charge in [-0.15, -0.1) is 0 Å². The second-order valence-electron chi connectivity index (χ2n) is 10.2. The molecule has 5 nitrogen and oxygen atoms in total. The minimum Gasteiger partial charge on any atom is -0.378 e. The van der Waals surface area contributed by atoms with Gasteiger partial charge in [-0.3, -0.25) is 4.79 Å². The van der Waals surface area contributed by atoms with Crippen LogP contribution in [0.3, 0.4) is 0 Å². The first kappa shape index (κ1) is 25.3. The van der Waals surface area contributed by atoms with Crippen molar-refractivity contribution in [2.45, 2.75) is 12.3 Å². The van der Waals surface area contributed by atoms with Crippen molar-refractivity contribution in [2.75, 3.05) is 43.0 Å². The number of carbonyl (C=O) groups excluding carboxylic acids is 1. The third-order valence-corrected chi connectivity index (χ3v) is 7.47. The quantitative estimate of drug-likeness (QED) is 0.283. The number of hydrogen-bond donors (Lipinski definition) is 0. The van der Waals surface area contributed by atoms with Crippen molar-refractivity contribution in [3.05, 3.63) is 126 Å². The molecule has 38 heavy (non-hydrogen) atoms. The zero-order valence-corrected chi connectivity index (χ0v) is 22.7. The number of hydrazone groups is 1. The van der Waals surface area contributed by atoms with E-state index in [-0.39, 0.29) is 5.91 Å². The Balaban J connectivity index is 1.79. The highest BCUT2D eigenvalue weighted by molar-refractivity contribution is 6.16. The fraction of sp³-hybridized carbons (Fsp3) is 0.212. The highest BCUT2D eigenvalue weighted by atomic mass is 16.2. The fourth-order valence-electron chi connectivity index (χ4n) is 5.56. The molecule has 4 aromatic carbocycles. The lowest BCUT2D eigenvalue weighted by Gasteiger charge is -2.40. The Morgan fingerprint density at radius 1 is 0.632 bits per heavy atom. The van der Waals surface area contributed by atoms with Gasteiger partial charge >= 0.3 is 0 Å². The summed E-state index contributed by atoms with van der Waals surface area (Å²) in [7, 11) is 8.14. The van der Waals surface area contributed by atoms with E-state index >= 15 is 0 Å². The molecule has 1 atom stereocenters. The van der Waals surface area contributed by atoms with Gasteiger partial charge in [0.15, 0.2) is 0 Å². The molecule has 1 aliphatic rings. The summed E-state index contributed by atoms with van der Waals surface area (Å²) < 4.78 is 0. The van der Waals surface area contributed by atoms with Crippen LogP contribution in [0.4, 0.5) is 17.1 Å². The van der Waals surface area contributed by atoms with Crippen LogP contribution in [0.15, 0.2) is 114 Å². The van der Waals surface area contributed by atoms with Crippen LogP contribution in [0.25, 0.3) is 0 Å². The van der Waals surface area contributed by atoms with Gasteiger partial charge in [0, 0.05) is 39.6 Å². The minimum absolute atomic E-state index is 0.0362. The van der Waals surface area contributed by atoms with Crippen molar-refractivity contribution < 1.29 is 4.79 Å². The lowest BCUT2D eigenvalue weighted by Crippen LogP contribution is -2.46. The molecule has 1 heterocycles. The van der Waals surface area contributed by atoms with Gasteiger partial charge in [-0.25, -0.2) is 5.01 Å². The first-order valence-electron chi connectivity index (χ1n) is 12.9. The SMILES string of the molecule is CC1=NN(c2ccccc2)C(=O)C1C(c1ccccc1)(c1ccc(N(C)C)cc1)c1ccc(N(C)C)cc1. The second kappa shape index (κ2) is 10.2. The summed E-state index contributed by atoms with van der Waals surface area (Å²) in [6.45, 7) is 1.98. The summed E-state index contributed by atoms with van der Waals surface area (Å²) >= 11 is 0. The predicted octanol–water partition coefficient (Wildman–Crippen LogP) is 6.19. The molecule has 5 heteroatoms. The van der Waals surface area contributed by atoms with Gasteiger partial charge in [-0.1, -0.05) is 72.8 Å². The Labute approximate surface area is 225 Å². The maximum absolute atomic E-state index is 14.4. The Kier molecular flexibility index (Phi) is 6.77. The molecule has 0 fully saturated rings. The maximum atomic E-state index is 14.4. The molecule has 0 bridgehead atoms. The third-order valence-electron chi connectivity index (χ3n) is 7.47. The first-order chi connectivity index (χ1) is 18.3. The molecule has 1 amide bonds. The second-order valence-corrected chi connectivity index (χ2v) is 10.2. The summed E-state index contributed by atoms with van der Waals surface area (Å²) in [4.78, 5) is 18.6. The van der Waals surface area contributed by atoms with E-state index in [0.29, 0.717) is 0 Å². The molecule has 0 radical (unpaired) electrons. The van der Waals surface area contributed by atoms with Gasteiger partial charge in [0.05, 0.1) is 22.7 Å². The standard InChI is InChI=1S/C33H34N4O/c1-24-31(32(38)37(34-24)30-14-10-7-11-15-30)33(25-12-8-6-9-13-25,26-16-20-28(21-17-26)35(2)3)27-18-22-29(23-19-27)36(4)5/h6-23,31H,1-5H3. The first-order valence-corrected chi connectivity index (χ1v) is 12.9. The Morgan fingerprint density at radius 2 is 1.05 bits per heavy atom. The van der Waals surface area contributed by atoms with E-state index in [0.717, 1.165) is 39.5 Å². The topological polar surface area (TPSA) is 39.2 Å². The lowest BCUT2D eigenvalue weighted by atomic mass is 9.60. The summed E-state index contributed by atoms with van der Waals surface area (Å²) in [6.07, 6.45) is 0. The molecule has 0 spiro atoms. The largest absolute Gasteiger partial charge is 0.378 e. The van der Waals surface area contributed by atoms with E-state index in [4.69, 9.17) is 5.10 Å². The van der Waals surface area contributed by atoms with Crippen molar-refractivity contribution in [3.63, 3.8) is 0 Å². The zero-order chi connectivity index (χ0) is 26.9. The van der Waals surface area contributed by atoms with Gasteiger partial charge < -0.3 is 9.80 Å². The summed E-state index contributed by atoms with van der Waals surface area (Å²) in [5, 5.41) is 6.41. The molecule has 0 N–H and O–H groups in total. The van der Waals surface area contributed by atoms with Crippen LogP contribution in [0.5, 0.6) is 0 Å². The molecule has 1 unspecified atom stereocenters. The van der Waals surface area contributed by atoms with E-state index in [1.54, 1.807) is 5.01 Å². The van der Waals surface area contributed by atoms with Gasteiger partial charge in [0.1, 0.15) is 0 Å². The summed E-state index contributed by atoms with van der Waals surface area (Å²) in [5.74, 6) is -0.563. The van der Waals surface area contributed by atoms with Crippen LogP contribution in [0.2, 0.25) is 0 Å². The number of nitrogens with zero attached hydrogens (tertiary/aromatic N) is 4. The predicted molar refractivity (Wildman–Crippen MR) is 158 cm³/mol. The molecule has 0 saturated carbocycles. The number of carbonyl (C=O) groups is 1. The van der Waals surface area contributed by atoms with E-state index in [1.807, 2.05) is 83.6 Å². The molecule has 192 valence electrons. The van der Waals surface area contributed by atoms with E-state index in [1.165, 1.54) is 0 Å². The van der Waals surface area contributed by atoms with Crippen LogP contribution < -0.4 is 14.8 Å². The molecule has 0 aromatic heterocycles. The average Bonchev–Trinajstić information content (AvgIpc) is 3.25. The number of para-hydroxylation sites is 1. The van der Waals surface area contributed by atoms with E-state index in [9.17, 15) is 4.79 Å². The van der Waals surface area contributed by atoms with Gasteiger partial charge in [-0.05, 0) is 60.0 Å². The van der Waals surface area contributed by atoms with Crippen molar-refractivity contribution in [1.29, 1.82) is 0 Å². The van der Waals surface area contributed by atoms with Crippen LogP contribution in [0, 0.1) is 5.92 Å². The van der Waals surface area contributed by atoms with Gasteiger partial charge in [0.25, 0.3) is 5.91 Å².